The minimum atomic E-state index is -0.187. The van der Waals surface area contributed by atoms with Crippen LogP contribution in [0, 0.1) is 5.92 Å². The van der Waals surface area contributed by atoms with E-state index in [0.29, 0.717) is 23.9 Å². The van der Waals surface area contributed by atoms with Crippen molar-refractivity contribution in [3.05, 3.63) is 36.0 Å². The number of nitrogens with zero attached hydrogens (tertiary/aromatic N) is 1. The van der Waals surface area contributed by atoms with Crippen molar-refractivity contribution in [2.75, 3.05) is 13.7 Å². The van der Waals surface area contributed by atoms with Crippen LogP contribution in [-0.4, -0.2) is 24.7 Å². The Morgan fingerprint density at radius 2 is 2.04 bits per heavy atom. The summed E-state index contributed by atoms with van der Waals surface area (Å²) in [6, 6.07) is 9.11. The molecule has 0 saturated heterocycles. The maximum atomic E-state index is 12.2. The fourth-order valence-corrected chi connectivity index (χ4v) is 2.54. The van der Waals surface area contributed by atoms with E-state index in [1.54, 1.807) is 13.2 Å². The van der Waals surface area contributed by atoms with Gasteiger partial charge in [-0.15, -0.1) is 0 Å². The molecule has 130 valence electrons. The number of nitrogens with one attached hydrogen (secondary N) is 1. The molecule has 0 aliphatic heterocycles. The van der Waals surface area contributed by atoms with Crippen LogP contribution >= 0.6 is 0 Å². The van der Waals surface area contributed by atoms with Crippen molar-refractivity contribution in [2.24, 2.45) is 5.92 Å². The summed E-state index contributed by atoms with van der Waals surface area (Å²) in [6.45, 7) is 5.02. The third-order valence-corrected chi connectivity index (χ3v) is 4.21. The lowest BCUT2D eigenvalue weighted by Gasteiger charge is -2.14. The minimum Gasteiger partial charge on any atom is -0.497 e. The second kappa shape index (κ2) is 9.11. The Kier molecular flexibility index (Phi) is 6.85. The van der Waals surface area contributed by atoms with E-state index in [4.69, 9.17) is 9.26 Å². The first-order valence-corrected chi connectivity index (χ1v) is 8.57. The summed E-state index contributed by atoms with van der Waals surface area (Å²) in [7, 11) is 1.62. The van der Waals surface area contributed by atoms with Gasteiger partial charge in [0, 0.05) is 18.2 Å². The van der Waals surface area contributed by atoms with Crippen molar-refractivity contribution in [1.82, 2.24) is 10.5 Å². The fraction of sp³-hybridized carbons (Fsp3) is 0.474. The molecular weight excluding hydrogens is 304 g/mol. The number of aromatic nitrogens is 1. The van der Waals surface area contributed by atoms with Crippen LogP contribution < -0.4 is 10.1 Å². The van der Waals surface area contributed by atoms with Gasteiger partial charge in [-0.1, -0.05) is 38.3 Å². The largest absolute Gasteiger partial charge is 0.497 e. The van der Waals surface area contributed by atoms with E-state index in [9.17, 15) is 4.79 Å². The van der Waals surface area contributed by atoms with Crippen LogP contribution in [0.15, 0.2) is 34.9 Å². The van der Waals surface area contributed by atoms with Crippen LogP contribution in [0.4, 0.5) is 0 Å². The van der Waals surface area contributed by atoms with E-state index < -0.39 is 0 Å². The van der Waals surface area contributed by atoms with E-state index in [1.807, 2.05) is 24.3 Å². The molecule has 0 aliphatic rings. The van der Waals surface area contributed by atoms with Crippen LogP contribution in [0.1, 0.15) is 50.0 Å². The second-order valence-electron chi connectivity index (χ2n) is 5.93. The van der Waals surface area contributed by atoms with Gasteiger partial charge in [-0.2, -0.15) is 0 Å². The number of ether oxygens (including phenoxy) is 1. The summed E-state index contributed by atoms with van der Waals surface area (Å²) < 4.78 is 10.4. The Hall–Kier alpha value is -2.30. The highest BCUT2D eigenvalue weighted by Crippen LogP contribution is 2.23. The van der Waals surface area contributed by atoms with Gasteiger partial charge in [0.15, 0.2) is 11.5 Å². The molecule has 1 heterocycles. The van der Waals surface area contributed by atoms with Crippen LogP contribution in [0.5, 0.6) is 5.75 Å². The van der Waals surface area contributed by atoms with Gasteiger partial charge in [-0.05, 0) is 36.6 Å². The van der Waals surface area contributed by atoms with E-state index >= 15 is 0 Å². The lowest BCUT2D eigenvalue weighted by Crippen LogP contribution is -2.29. The maximum absolute atomic E-state index is 12.2. The van der Waals surface area contributed by atoms with Crippen molar-refractivity contribution in [3.8, 4) is 17.1 Å². The summed E-state index contributed by atoms with van der Waals surface area (Å²) in [5, 5.41) is 6.84. The molecule has 2 rings (SSSR count). The molecule has 0 fully saturated rings. The molecule has 1 aromatic carbocycles. The summed E-state index contributed by atoms with van der Waals surface area (Å²) in [6.07, 6.45) is 4.58. The summed E-state index contributed by atoms with van der Waals surface area (Å²) in [5.74, 6) is 1.67. The number of hydrogen-bond acceptors (Lipinski definition) is 4. The van der Waals surface area contributed by atoms with Crippen molar-refractivity contribution >= 4 is 5.91 Å². The molecule has 5 nitrogen and oxygen atoms in total. The predicted octanol–water partition coefficient (Wildman–Crippen LogP) is 4.30. The molecule has 24 heavy (non-hydrogen) atoms. The number of rotatable bonds is 9. The average molecular weight is 330 g/mol. The molecule has 0 spiro atoms. The van der Waals surface area contributed by atoms with Gasteiger partial charge in [0.2, 0.25) is 0 Å². The van der Waals surface area contributed by atoms with E-state index in [1.165, 1.54) is 12.8 Å². The smallest absolute Gasteiger partial charge is 0.273 e. The number of carbonyl (C=O) groups is 1. The Morgan fingerprint density at radius 1 is 1.29 bits per heavy atom. The monoisotopic (exact) mass is 330 g/mol. The average Bonchev–Trinajstić information content (AvgIpc) is 3.12. The first kappa shape index (κ1) is 18.0. The molecule has 5 heteroatoms. The van der Waals surface area contributed by atoms with Crippen molar-refractivity contribution in [2.45, 2.75) is 39.5 Å². The summed E-state index contributed by atoms with van der Waals surface area (Å²) in [4.78, 5) is 12.2. The van der Waals surface area contributed by atoms with Gasteiger partial charge < -0.3 is 14.6 Å². The third kappa shape index (κ3) is 4.85. The van der Waals surface area contributed by atoms with Crippen LogP contribution in [0.25, 0.3) is 11.3 Å². The lowest BCUT2D eigenvalue weighted by atomic mass is 9.99. The molecule has 0 saturated carbocycles. The van der Waals surface area contributed by atoms with Gasteiger partial charge >= 0.3 is 0 Å². The van der Waals surface area contributed by atoms with Gasteiger partial charge in [-0.3, -0.25) is 4.79 Å². The molecule has 1 amide bonds. The number of benzene rings is 1. The fourth-order valence-electron chi connectivity index (χ4n) is 2.54. The zero-order chi connectivity index (χ0) is 17.4. The van der Waals surface area contributed by atoms with Crippen molar-refractivity contribution < 1.29 is 14.1 Å². The third-order valence-electron chi connectivity index (χ3n) is 4.21. The molecule has 1 N–H and O–H groups in total. The zero-order valence-corrected chi connectivity index (χ0v) is 14.7. The highest BCUT2D eigenvalue weighted by atomic mass is 16.5. The Bertz CT molecular complexity index is 634. The number of carbonyl (C=O) groups excluding carboxylic acids is 1. The SMILES string of the molecule is CCCC[C@@H](CC)CNC(=O)c1cc(-c2ccc(OC)cc2)on1. The van der Waals surface area contributed by atoms with Crippen LogP contribution in [-0.2, 0) is 0 Å². The van der Waals surface area contributed by atoms with E-state index in [-0.39, 0.29) is 5.91 Å². The minimum absolute atomic E-state index is 0.187. The number of methoxy groups -OCH3 is 1. The van der Waals surface area contributed by atoms with Crippen LogP contribution in [0.3, 0.4) is 0 Å². The van der Waals surface area contributed by atoms with Crippen molar-refractivity contribution in [3.63, 3.8) is 0 Å². The van der Waals surface area contributed by atoms with Gasteiger partial charge in [-0.25, -0.2) is 0 Å². The maximum Gasteiger partial charge on any atom is 0.273 e. The van der Waals surface area contributed by atoms with Gasteiger partial charge in [0.1, 0.15) is 5.75 Å². The quantitative estimate of drug-likeness (QED) is 0.744. The highest BCUT2D eigenvalue weighted by Gasteiger charge is 2.15. The molecule has 0 unspecified atom stereocenters. The normalized spacial score (nSPS) is 12.0. The first-order chi connectivity index (χ1) is 11.7. The first-order valence-electron chi connectivity index (χ1n) is 8.57. The number of unbranched alkanes of at least 4 members (excludes halogenated alkanes) is 1. The second-order valence-corrected chi connectivity index (χ2v) is 5.93. The molecule has 1 atom stereocenters. The van der Waals surface area contributed by atoms with Gasteiger partial charge in [0.05, 0.1) is 7.11 Å². The Morgan fingerprint density at radius 3 is 2.67 bits per heavy atom. The molecule has 1 aromatic heterocycles. The standard InChI is InChI=1S/C19H26N2O3/c1-4-6-7-14(5-2)13-20-19(22)17-12-18(24-21-17)15-8-10-16(23-3)11-9-15/h8-12,14H,4-7,13H2,1-3H3,(H,20,22)/t14-/m1/s1. The van der Waals surface area contributed by atoms with E-state index in [0.717, 1.165) is 24.2 Å². The molecule has 0 aliphatic carbocycles. The molecule has 2 aromatic rings. The van der Waals surface area contributed by atoms with Gasteiger partial charge in [0.25, 0.3) is 5.91 Å². The Labute approximate surface area is 143 Å². The number of hydrogen-bond donors (Lipinski definition) is 1. The Balaban J connectivity index is 1.95. The summed E-state index contributed by atoms with van der Waals surface area (Å²) in [5.41, 5.74) is 1.17. The lowest BCUT2D eigenvalue weighted by molar-refractivity contribution is 0.0937. The zero-order valence-electron chi connectivity index (χ0n) is 14.7. The molecular formula is C19H26N2O3. The van der Waals surface area contributed by atoms with E-state index in [2.05, 4.69) is 24.3 Å². The van der Waals surface area contributed by atoms with Crippen molar-refractivity contribution in [1.29, 1.82) is 0 Å². The highest BCUT2D eigenvalue weighted by molar-refractivity contribution is 5.93. The molecule has 0 radical (unpaired) electrons. The predicted molar refractivity (Wildman–Crippen MR) is 94.1 cm³/mol. The summed E-state index contributed by atoms with van der Waals surface area (Å²) >= 11 is 0. The van der Waals surface area contributed by atoms with Crippen LogP contribution in [0.2, 0.25) is 0 Å². The number of amides is 1. The topological polar surface area (TPSA) is 64.4 Å². The molecule has 0 bridgehead atoms.